The fourth-order valence-corrected chi connectivity index (χ4v) is 19.1. The lowest BCUT2D eigenvalue weighted by atomic mass is 9.99. The van der Waals surface area contributed by atoms with Gasteiger partial charge in [0.15, 0.2) is 0 Å². The summed E-state index contributed by atoms with van der Waals surface area (Å²) < 4.78 is 6.95. The zero-order chi connectivity index (χ0) is 89.2. The van der Waals surface area contributed by atoms with Crippen LogP contribution in [0.25, 0.3) is 46.6 Å². The van der Waals surface area contributed by atoms with Crippen molar-refractivity contribution in [2.45, 2.75) is 141 Å². The van der Waals surface area contributed by atoms with Gasteiger partial charge in [0.1, 0.15) is 11.6 Å². The number of methoxy groups -OCH3 is 1. The minimum absolute atomic E-state index is 0.0822. The number of carbonyl (C=O) groups is 8. The van der Waals surface area contributed by atoms with Gasteiger partial charge in [0.25, 0.3) is 47.3 Å². The number of pyridine rings is 1. The van der Waals surface area contributed by atoms with Crippen molar-refractivity contribution >= 4 is 149 Å². The van der Waals surface area contributed by atoms with Crippen LogP contribution >= 0.6 is 31.9 Å². The molecule has 0 radical (unpaired) electrons. The Morgan fingerprint density at radius 1 is 0.392 bits per heavy atom. The Bertz CT molecular complexity index is 5400. The second-order valence-corrected chi connectivity index (χ2v) is 34.7. The highest BCUT2D eigenvalue weighted by atomic mass is 79.9. The van der Waals surface area contributed by atoms with Crippen molar-refractivity contribution in [1.29, 1.82) is 0 Å². The second-order valence-electron chi connectivity index (χ2n) is 32.9. The number of hydrogen-bond acceptors (Lipinski definition) is 14. The van der Waals surface area contributed by atoms with Gasteiger partial charge < -0.3 is 85.1 Å². The number of anilines is 4. The molecule has 8 N–H and O–H groups in total. The van der Waals surface area contributed by atoms with E-state index in [1.54, 1.807) is 13.3 Å². The van der Waals surface area contributed by atoms with Crippen LogP contribution in [0.2, 0.25) is 0 Å². The molecule has 0 bridgehead atoms. The van der Waals surface area contributed by atoms with Crippen LogP contribution in [0.3, 0.4) is 0 Å². The normalized spacial score (nSPS) is 17.1. The lowest BCUT2D eigenvalue weighted by molar-refractivity contribution is -0.111. The minimum Gasteiger partial charge on any atom is -0.497 e. The minimum atomic E-state index is -0.183. The highest BCUT2D eigenvalue weighted by Gasteiger charge is 2.37. The molecule has 0 saturated carbocycles. The molecule has 8 aromatic rings. The molecule has 3 aromatic carbocycles. The molecule has 0 saturated heterocycles. The number of halogens is 2. The Morgan fingerprint density at radius 3 is 1.11 bits per heavy atom. The number of H-pyrrole nitrogens is 4. The summed E-state index contributed by atoms with van der Waals surface area (Å²) in [6, 6.07) is 19.1. The fraction of sp³-hybridized carbons (Fsp3) is 0.433. The molecule has 0 aliphatic carbocycles. The van der Waals surface area contributed by atoms with E-state index in [-0.39, 0.29) is 47.3 Å². The predicted octanol–water partition coefficient (Wildman–Crippen LogP) is 15.4. The van der Waals surface area contributed by atoms with Gasteiger partial charge in [-0.25, -0.2) is 4.98 Å². The molecule has 13 heterocycles. The summed E-state index contributed by atoms with van der Waals surface area (Å²) in [5.41, 5.74) is 23.2. The molecular weight excluding hydrogens is 1710 g/mol. The first-order valence-electron chi connectivity index (χ1n) is 44.5. The number of amides is 8. The van der Waals surface area contributed by atoms with E-state index in [0.717, 1.165) is 326 Å². The zero-order valence-corrected chi connectivity index (χ0v) is 78.1. The Morgan fingerprint density at radius 2 is 0.728 bits per heavy atom. The first-order valence-corrected chi connectivity index (χ1v) is 46.1. The van der Waals surface area contributed by atoms with Gasteiger partial charge >= 0.3 is 0 Å². The van der Waals surface area contributed by atoms with Crippen molar-refractivity contribution in [2.24, 2.45) is 0 Å². The molecule has 0 spiro atoms. The zero-order valence-electron chi connectivity index (χ0n) is 74.9. The summed E-state index contributed by atoms with van der Waals surface area (Å²) in [6.07, 6.45) is 16.2. The van der Waals surface area contributed by atoms with Gasteiger partial charge in [-0.2, -0.15) is 0 Å². The molecule has 0 atom stereocenters. The third-order valence-electron chi connectivity index (χ3n) is 25.8. The molecular formula is C97H121Br2N17O9. The van der Waals surface area contributed by atoms with E-state index in [4.69, 9.17) is 4.74 Å². The molecule has 5 aromatic heterocycles. The lowest BCUT2D eigenvalue weighted by Crippen LogP contribution is -2.38. The Balaban J connectivity index is 0.000000143. The van der Waals surface area contributed by atoms with Gasteiger partial charge in [0, 0.05) is 173 Å². The Kier molecular flexibility index (Phi) is 30.3. The number of aromatic amines is 4. The van der Waals surface area contributed by atoms with Crippen molar-refractivity contribution in [3.8, 4) is 5.75 Å². The highest BCUT2D eigenvalue weighted by molar-refractivity contribution is 9.10. The van der Waals surface area contributed by atoms with Crippen LogP contribution in [0.15, 0.2) is 75.8 Å². The topological polar surface area (TPSA) is 296 Å². The first-order chi connectivity index (χ1) is 60.3. The average molecular weight is 1830 g/mol. The summed E-state index contributed by atoms with van der Waals surface area (Å²) in [7, 11) is 1.60. The standard InChI is InChI=1S/C25H32N4O3.C25H32N4O2.C24H29BrN4O2.C23H28BrN5O2/c1-5-28(6-2)12-13-29-11-7-8-20-23(25(29)31)16(3)21(26-20)15-19-18-10-9-17(32-4)14-22(18)27-24(19)30;1-5-28(6-2)13-14-29-12-8-11-20-23(25(29)31)17(4)21(26-20)15-18-22-16(3)9-7-10-19(22)27-24(18)30;1-4-28(5-2)12-13-29-11-7-10-18-21(24(29)31)15(3)20(26-18)14-16-22-17(25)8-6-9-19(22)27-23(16)30;1-4-28(5-2)9-10-29-8-6-7-18-20(23(29)31)14(3)19(26-18)12-17-16-11-15(24)13-25-21(16)27-22(17)30/h9-10,14-15,26H,5-8,11-13H2,1-4H3,(H,27,30);7,9-10,15,26H,5-6,8,11-14H2,1-4H3,(H,27,30);6,8-9,14,26H,4-5,7,10-13H2,1-3H3,(H,27,30);11-13,26H,4-10H2,1-3H3,(H,25,27,30)/b19-15-;18-15-;16-14-;17-12-. The largest absolute Gasteiger partial charge is 0.497 e. The van der Waals surface area contributed by atoms with Crippen LogP contribution in [-0.2, 0) is 44.9 Å². The van der Waals surface area contributed by atoms with Crippen LogP contribution in [-0.4, -0.2) is 249 Å². The predicted molar refractivity (Wildman–Crippen MR) is 506 cm³/mol. The molecule has 0 fully saturated rings. The maximum atomic E-state index is 13.4. The van der Waals surface area contributed by atoms with E-state index in [2.05, 4.69) is 153 Å². The van der Waals surface area contributed by atoms with Gasteiger partial charge in [0.05, 0.1) is 63.0 Å². The smallest absolute Gasteiger partial charge is 0.257 e. The van der Waals surface area contributed by atoms with Gasteiger partial charge in [0.2, 0.25) is 0 Å². The van der Waals surface area contributed by atoms with E-state index in [1.165, 1.54) is 0 Å². The van der Waals surface area contributed by atoms with Gasteiger partial charge in [-0.1, -0.05) is 89.5 Å². The lowest BCUT2D eigenvalue weighted by Gasteiger charge is -2.25. The van der Waals surface area contributed by atoms with E-state index < -0.39 is 0 Å². The van der Waals surface area contributed by atoms with E-state index in [9.17, 15) is 38.4 Å². The summed E-state index contributed by atoms with van der Waals surface area (Å²) in [6.45, 7) is 44.6. The maximum Gasteiger partial charge on any atom is 0.257 e. The van der Waals surface area contributed by atoms with Crippen molar-refractivity contribution in [3.63, 3.8) is 0 Å². The summed E-state index contributed by atoms with van der Waals surface area (Å²) in [4.78, 5) is 139. The number of ether oxygens (including phenoxy) is 1. The van der Waals surface area contributed by atoms with Crippen molar-refractivity contribution in [1.82, 2.24) is 64.1 Å². The number of fused-ring (bicyclic) bond motifs is 8. The van der Waals surface area contributed by atoms with E-state index >= 15 is 0 Å². The molecule has 0 unspecified atom stereocenters. The summed E-state index contributed by atoms with van der Waals surface area (Å²) >= 11 is 6.99. The number of carbonyl (C=O) groups excluding carboxylic acids is 8. The first kappa shape index (κ1) is 91.9. The monoisotopic (exact) mass is 1830 g/mol. The van der Waals surface area contributed by atoms with Crippen molar-refractivity contribution < 1.29 is 43.1 Å². The molecule has 662 valence electrons. The van der Waals surface area contributed by atoms with Gasteiger partial charge in [-0.3, -0.25) is 38.4 Å². The maximum absolute atomic E-state index is 13.4. The molecule has 8 amide bonds. The number of rotatable bonds is 25. The number of benzene rings is 3. The Hall–Kier alpha value is -10.8. The van der Waals surface area contributed by atoms with Crippen LogP contribution < -0.4 is 26.0 Å². The third kappa shape index (κ3) is 19.9. The number of aromatic nitrogens is 5. The highest BCUT2D eigenvalue weighted by Crippen LogP contribution is 2.43. The molecule has 26 nitrogen and oxygen atoms in total. The SMILES string of the molecule is CCN(CC)CCN1CCCc2[nH]c(/C=C3\C(=O)Nc4cc(OC)ccc43)c(C)c2C1=O.CCN(CC)CCN1CCCc2[nH]c(/C=C3\C(=O)Nc4cccc(Br)c43)c(C)c2C1=O.CCN(CC)CCN1CCCc2[nH]c(/C=C3\C(=O)Nc4cccc(C)c43)c(C)c2C1=O.CCN(CC)CCN1CCCc2[nH]c(/C=C3\C(=O)Nc4ncc(Br)cc43)c(C)c2C1=O. The summed E-state index contributed by atoms with van der Waals surface area (Å²) in [5.74, 6) is 1.07. The van der Waals surface area contributed by atoms with Crippen LogP contribution in [0.4, 0.5) is 22.9 Å². The van der Waals surface area contributed by atoms with Crippen molar-refractivity contribution in [3.05, 3.63) is 194 Å². The van der Waals surface area contributed by atoms with E-state index in [0.29, 0.717) is 33.9 Å². The molecule has 8 aliphatic heterocycles. The third-order valence-corrected chi connectivity index (χ3v) is 26.9. The van der Waals surface area contributed by atoms with Crippen molar-refractivity contribution in [2.75, 3.05) is 159 Å². The molecule has 28 heteroatoms. The van der Waals surface area contributed by atoms with Crippen LogP contribution in [0.1, 0.15) is 218 Å². The molecule has 125 heavy (non-hydrogen) atoms. The van der Waals surface area contributed by atoms with Gasteiger partial charge in [-0.15, -0.1) is 0 Å². The van der Waals surface area contributed by atoms with Crippen LogP contribution in [0, 0.1) is 34.6 Å². The number of hydrogen-bond donors (Lipinski definition) is 8. The Labute approximate surface area is 751 Å². The quantitative estimate of drug-likeness (QED) is 0.0247. The average Bonchev–Trinajstić information content (AvgIpc) is 1.63. The number of likely N-dealkylation sites (N-methyl/N-ethyl adjacent to an activating group) is 4. The van der Waals surface area contributed by atoms with Gasteiger partial charge in [-0.05, 0) is 243 Å². The number of nitrogens with zero attached hydrogens (tertiary/aromatic N) is 9. The number of nitrogens with one attached hydrogen (secondary N) is 8. The molecule has 8 aliphatic rings. The summed E-state index contributed by atoms with van der Waals surface area (Å²) in [5, 5.41) is 11.6. The second kappa shape index (κ2) is 41.1. The van der Waals surface area contributed by atoms with Crippen LogP contribution in [0.5, 0.6) is 5.75 Å². The number of aryl methyl sites for hydroxylation is 5. The van der Waals surface area contributed by atoms with E-state index in [1.807, 2.05) is 139 Å². The molecule has 16 rings (SSSR count). The fourth-order valence-electron chi connectivity index (χ4n) is 18.2.